The molecule has 0 saturated heterocycles. The Morgan fingerprint density at radius 3 is 2.53 bits per heavy atom. The number of esters is 1. The van der Waals surface area contributed by atoms with E-state index in [1.807, 2.05) is 42.5 Å². The lowest BCUT2D eigenvalue weighted by Gasteiger charge is -2.04. The third kappa shape index (κ3) is 3.22. The second-order valence-corrected chi connectivity index (χ2v) is 4.08. The van der Waals surface area contributed by atoms with E-state index in [1.165, 1.54) is 7.11 Å². The highest BCUT2D eigenvalue weighted by Crippen LogP contribution is 2.18. The van der Waals surface area contributed by atoms with Gasteiger partial charge in [0.2, 0.25) is 0 Å². The van der Waals surface area contributed by atoms with Crippen LogP contribution in [-0.4, -0.2) is 13.1 Å². The van der Waals surface area contributed by atoms with Crippen molar-refractivity contribution in [3.8, 4) is 0 Å². The smallest absolute Gasteiger partial charge is 0.337 e. The predicted molar refractivity (Wildman–Crippen MR) is 77.6 cm³/mol. The molecule has 0 radical (unpaired) electrons. The van der Waals surface area contributed by atoms with E-state index in [0.29, 0.717) is 11.3 Å². The quantitative estimate of drug-likeness (QED) is 0.519. The summed E-state index contributed by atoms with van der Waals surface area (Å²) in [4.78, 5) is 11.5. The zero-order chi connectivity index (χ0) is 13.7. The van der Waals surface area contributed by atoms with Gasteiger partial charge in [-0.1, -0.05) is 42.5 Å². The molecule has 0 unspecified atom stereocenters. The van der Waals surface area contributed by atoms with Crippen LogP contribution in [0.4, 0.5) is 5.69 Å². The van der Waals surface area contributed by atoms with Crippen LogP contribution in [0, 0.1) is 0 Å². The SMILES string of the molecule is COC(=O)c1ccc(N)c(/C=C/c2ccccc2)c1. The summed E-state index contributed by atoms with van der Waals surface area (Å²) < 4.78 is 4.69. The van der Waals surface area contributed by atoms with Gasteiger partial charge in [-0.05, 0) is 29.3 Å². The number of ether oxygens (including phenoxy) is 1. The summed E-state index contributed by atoms with van der Waals surface area (Å²) in [6.07, 6.45) is 3.84. The molecule has 0 saturated carbocycles. The Morgan fingerprint density at radius 2 is 1.84 bits per heavy atom. The van der Waals surface area contributed by atoms with Crippen LogP contribution in [0.3, 0.4) is 0 Å². The summed E-state index contributed by atoms with van der Waals surface area (Å²) in [5.74, 6) is -0.366. The van der Waals surface area contributed by atoms with Crippen molar-refractivity contribution in [2.24, 2.45) is 0 Å². The summed E-state index contributed by atoms with van der Waals surface area (Å²) in [6.45, 7) is 0. The van der Waals surface area contributed by atoms with E-state index in [2.05, 4.69) is 0 Å². The molecular formula is C16H15NO2. The van der Waals surface area contributed by atoms with E-state index in [9.17, 15) is 4.79 Å². The monoisotopic (exact) mass is 253 g/mol. The largest absolute Gasteiger partial charge is 0.465 e. The molecule has 2 N–H and O–H groups in total. The lowest BCUT2D eigenvalue weighted by molar-refractivity contribution is 0.0601. The second-order valence-electron chi connectivity index (χ2n) is 4.08. The zero-order valence-electron chi connectivity index (χ0n) is 10.7. The van der Waals surface area contributed by atoms with E-state index in [0.717, 1.165) is 11.1 Å². The first-order valence-electron chi connectivity index (χ1n) is 5.91. The van der Waals surface area contributed by atoms with Crippen molar-refractivity contribution in [1.82, 2.24) is 0 Å². The van der Waals surface area contributed by atoms with E-state index >= 15 is 0 Å². The minimum absolute atomic E-state index is 0.366. The molecule has 0 atom stereocenters. The fourth-order valence-corrected chi connectivity index (χ4v) is 1.71. The molecule has 0 amide bonds. The van der Waals surface area contributed by atoms with E-state index in [4.69, 9.17) is 10.5 Å². The first-order valence-corrected chi connectivity index (χ1v) is 5.91. The topological polar surface area (TPSA) is 52.3 Å². The summed E-state index contributed by atoms with van der Waals surface area (Å²) >= 11 is 0. The third-order valence-corrected chi connectivity index (χ3v) is 2.76. The van der Waals surface area contributed by atoms with E-state index in [1.54, 1.807) is 18.2 Å². The minimum atomic E-state index is -0.366. The van der Waals surface area contributed by atoms with Crippen molar-refractivity contribution in [3.05, 3.63) is 65.2 Å². The molecule has 0 aromatic heterocycles. The van der Waals surface area contributed by atoms with Crippen LogP contribution in [-0.2, 0) is 4.74 Å². The van der Waals surface area contributed by atoms with Crippen molar-refractivity contribution in [2.75, 3.05) is 12.8 Å². The standard InChI is InChI=1S/C16H15NO2/c1-19-16(18)14-9-10-15(17)13(11-14)8-7-12-5-3-2-4-6-12/h2-11H,17H2,1H3/b8-7+. The summed E-state index contributed by atoms with van der Waals surface area (Å²) in [7, 11) is 1.36. The number of anilines is 1. The molecule has 0 aliphatic heterocycles. The van der Waals surface area contributed by atoms with Crippen LogP contribution in [0.2, 0.25) is 0 Å². The van der Waals surface area contributed by atoms with Crippen molar-refractivity contribution in [2.45, 2.75) is 0 Å². The summed E-state index contributed by atoms with van der Waals surface area (Å²) in [5.41, 5.74) is 8.88. The molecule has 2 rings (SSSR count). The molecule has 2 aromatic rings. The number of benzene rings is 2. The summed E-state index contributed by atoms with van der Waals surface area (Å²) in [6, 6.07) is 15.0. The number of rotatable bonds is 3. The third-order valence-electron chi connectivity index (χ3n) is 2.76. The summed E-state index contributed by atoms with van der Waals surface area (Å²) in [5, 5.41) is 0. The van der Waals surface area contributed by atoms with Gasteiger partial charge in [-0.15, -0.1) is 0 Å². The Balaban J connectivity index is 2.29. The van der Waals surface area contributed by atoms with Crippen LogP contribution >= 0.6 is 0 Å². The van der Waals surface area contributed by atoms with Gasteiger partial charge in [-0.25, -0.2) is 4.79 Å². The van der Waals surface area contributed by atoms with Gasteiger partial charge in [-0.2, -0.15) is 0 Å². The molecule has 19 heavy (non-hydrogen) atoms. The molecule has 0 heterocycles. The fraction of sp³-hybridized carbons (Fsp3) is 0.0625. The molecule has 96 valence electrons. The molecule has 0 aliphatic carbocycles. The van der Waals surface area contributed by atoms with Crippen LogP contribution in [0.15, 0.2) is 48.5 Å². The van der Waals surface area contributed by atoms with Crippen molar-refractivity contribution in [3.63, 3.8) is 0 Å². The van der Waals surface area contributed by atoms with Crippen LogP contribution in [0.1, 0.15) is 21.5 Å². The van der Waals surface area contributed by atoms with Gasteiger partial charge in [0, 0.05) is 5.69 Å². The van der Waals surface area contributed by atoms with Crippen molar-refractivity contribution < 1.29 is 9.53 Å². The van der Waals surface area contributed by atoms with Crippen molar-refractivity contribution in [1.29, 1.82) is 0 Å². The molecule has 0 fully saturated rings. The Labute approximate surface area is 112 Å². The molecule has 3 nitrogen and oxygen atoms in total. The number of hydrogen-bond acceptors (Lipinski definition) is 3. The van der Waals surface area contributed by atoms with Crippen LogP contribution < -0.4 is 5.73 Å². The lowest BCUT2D eigenvalue weighted by atomic mass is 10.1. The maximum Gasteiger partial charge on any atom is 0.337 e. The molecular weight excluding hydrogens is 238 g/mol. The molecule has 0 bridgehead atoms. The van der Waals surface area contributed by atoms with Gasteiger partial charge >= 0.3 is 5.97 Å². The number of carbonyl (C=O) groups is 1. The van der Waals surface area contributed by atoms with Gasteiger partial charge < -0.3 is 10.5 Å². The van der Waals surface area contributed by atoms with Gasteiger partial charge in [0.15, 0.2) is 0 Å². The number of hydrogen-bond donors (Lipinski definition) is 1. The highest BCUT2D eigenvalue weighted by atomic mass is 16.5. The van der Waals surface area contributed by atoms with Crippen LogP contribution in [0.25, 0.3) is 12.2 Å². The normalized spacial score (nSPS) is 10.6. The van der Waals surface area contributed by atoms with Crippen LogP contribution in [0.5, 0.6) is 0 Å². The Hall–Kier alpha value is -2.55. The Kier molecular flexibility index (Phi) is 3.98. The molecule has 3 heteroatoms. The van der Waals surface area contributed by atoms with Gasteiger partial charge in [0.05, 0.1) is 12.7 Å². The first-order chi connectivity index (χ1) is 9.20. The number of nitrogen functional groups attached to an aromatic ring is 1. The van der Waals surface area contributed by atoms with E-state index in [-0.39, 0.29) is 5.97 Å². The van der Waals surface area contributed by atoms with Gasteiger partial charge in [0.25, 0.3) is 0 Å². The Bertz CT molecular complexity index is 603. The molecule has 2 aromatic carbocycles. The fourth-order valence-electron chi connectivity index (χ4n) is 1.71. The predicted octanol–water partition coefficient (Wildman–Crippen LogP) is 3.23. The number of nitrogens with two attached hydrogens (primary N) is 1. The lowest BCUT2D eigenvalue weighted by Crippen LogP contribution is -2.02. The van der Waals surface area contributed by atoms with Gasteiger partial charge in [0.1, 0.15) is 0 Å². The molecule has 0 aliphatic rings. The zero-order valence-corrected chi connectivity index (χ0v) is 10.7. The highest BCUT2D eigenvalue weighted by molar-refractivity contribution is 5.91. The van der Waals surface area contributed by atoms with Gasteiger partial charge in [-0.3, -0.25) is 0 Å². The maximum atomic E-state index is 11.5. The Morgan fingerprint density at radius 1 is 1.11 bits per heavy atom. The number of carbonyl (C=O) groups excluding carboxylic acids is 1. The minimum Gasteiger partial charge on any atom is -0.465 e. The molecule has 0 spiro atoms. The average molecular weight is 253 g/mol. The average Bonchev–Trinajstić information content (AvgIpc) is 2.46. The number of methoxy groups -OCH3 is 1. The second kappa shape index (κ2) is 5.87. The first kappa shape index (κ1) is 12.9. The van der Waals surface area contributed by atoms with Crippen molar-refractivity contribution >= 4 is 23.8 Å². The maximum absolute atomic E-state index is 11.5. The van der Waals surface area contributed by atoms with E-state index < -0.39 is 0 Å². The highest BCUT2D eigenvalue weighted by Gasteiger charge is 2.06.